The first-order valence-electron chi connectivity index (χ1n) is 2.98. The molecule has 0 aromatic heterocycles. The highest BCUT2D eigenvalue weighted by Gasteiger charge is 1.98. The minimum absolute atomic E-state index is 0.609. The fourth-order valence-corrected chi connectivity index (χ4v) is 0.699. The molecule has 11 heavy (non-hydrogen) atoms. The number of hydrogen-bond donors (Lipinski definition) is 2. The number of anilines is 1. The molecule has 0 saturated heterocycles. The van der Waals surface area contributed by atoms with Crippen LogP contribution in [0.5, 0.6) is 0 Å². The molecule has 1 aromatic rings. The SMILES string of the molecule is N=NN(N=N)c1ccccc1. The van der Waals surface area contributed by atoms with Gasteiger partial charge in [-0.05, 0) is 12.1 Å². The molecule has 56 valence electrons. The van der Waals surface area contributed by atoms with Crippen LogP contribution in [-0.2, 0) is 0 Å². The lowest BCUT2D eigenvalue weighted by molar-refractivity contribution is 0.754. The maximum atomic E-state index is 6.63. The van der Waals surface area contributed by atoms with E-state index in [2.05, 4.69) is 10.4 Å². The maximum absolute atomic E-state index is 6.63. The summed E-state index contributed by atoms with van der Waals surface area (Å²) in [4.78, 5) is 0. The average Bonchev–Trinajstić information content (AvgIpc) is 2.09. The third-order valence-corrected chi connectivity index (χ3v) is 1.18. The summed E-state index contributed by atoms with van der Waals surface area (Å²) < 4.78 is 0. The van der Waals surface area contributed by atoms with E-state index in [9.17, 15) is 0 Å². The molecule has 5 heteroatoms. The Balaban J connectivity index is 2.90. The second-order valence-corrected chi connectivity index (χ2v) is 1.82. The van der Waals surface area contributed by atoms with E-state index in [1.54, 1.807) is 24.3 Å². The Kier molecular flexibility index (Phi) is 2.27. The second kappa shape index (κ2) is 3.40. The van der Waals surface area contributed by atoms with E-state index in [0.717, 1.165) is 5.12 Å². The van der Waals surface area contributed by atoms with Crippen LogP contribution in [0.1, 0.15) is 0 Å². The Labute approximate surface area is 63.6 Å². The van der Waals surface area contributed by atoms with Crippen LogP contribution < -0.4 is 5.12 Å². The van der Waals surface area contributed by atoms with Gasteiger partial charge in [0.05, 0.1) is 5.69 Å². The van der Waals surface area contributed by atoms with Crippen LogP contribution in [0.4, 0.5) is 5.69 Å². The Bertz CT molecular complexity index is 236. The summed E-state index contributed by atoms with van der Waals surface area (Å²) in [5.41, 5.74) is 13.9. The van der Waals surface area contributed by atoms with Gasteiger partial charge in [-0.1, -0.05) is 28.6 Å². The van der Waals surface area contributed by atoms with Crippen LogP contribution in [0.25, 0.3) is 0 Å². The van der Waals surface area contributed by atoms with Gasteiger partial charge in [0.2, 0.25) is 0 Å². The molecule has 0 saturated carbocycles. The van der Waals surface area contributed by atoms with Crippen molar-refractivity contribution in [1.82, 2.24) is 0 Å². The molecular formula is C6H7N5. The van der Waals surface area contributed by atoms with Crippen molar-refractivity contribution < 1.29 is 0 Å². The van der Waals surface area contributed by atoms with E-state index in [-0.39, 0.29) is 0 Å². The Morgan fingerprint density at radius 1 is 1.00 bits per heavy atom. The van der Waals surface area contributed by atoms with Crippen LogP contribution in [0.3, 0.4) is 0 Å². The van der Waals surface area contributed by atoms with Crippen molar-refractivity contribution in [2.45, 2.75) is 0 Å². The molecule has 0 aliphatic rings. The predicted molar refractivity (Wildman–Crippen MR) is 39.2 cm³/mol. The molecule has 0 radical (unpaired) electrons. The van der Waals surface area contributed by atoms with Crippen LogP contribution >= 0.6 is 0 Å². The van der Waals surface area contributed by atoms with Gasteiger partial charge in [-0.15, -0.1) is 5.12 Å². The lowest BCUT2D eigenvalue weighted by Crippen LogP contribution is -2.03. The highest BCUT2D eigenvalue weighted by Crippen LogP contribution is 2.12. The van der Waals surface area contributed by atoms with Crippen molar-refractivity contribution in [1.29, 1.82) is 11.1 Å². The Morgan fingerprint density at radius 3 is 2.00 bits per heavy atom. The fourth-order valence-electron chi connectivity index (χ4n) is 0.699. The number of nitrogens with one attached hydrogen (secondary N) is 2. The summed E-state index contributed by atoms with van der Waals surface area (Å²) in [6.07, 6.45) is 0. The summed E-state index contributed by atoms with van der Waals surface area (Å²) in [5.74, 6) is 0. The summed E-state index contributed by atoms with van der Waals surface area (Å²) in [5, 5.41) is 6.93. The third-order valence-electron chi connectivity index (χ3n) is 1.18. The van der Waals surface area contributed by atoms with Crippen LogP contribution in [-0.4, -0.2) is 0 Å². The van der Waals surface area contributed by atoms with Gasteiger partial charge in [-0.3, -0.25) is 0 Å². The van der Waals surface area contributed by atoms with E-state index in [4.69, 9.17) is 11.1 Å². The summed E-state index contributed by atoms with van der Waals surface area (Å²) in [7, 11) is 0. The quantitative estimate of drug-likeness (QED) is 0.502. The van der Waals surface area contributed by atoms with Gasteiger partial charge >= 0.3 is 0 Å². The first kappa shape index (κ1) is 7.33. The zero-order valence-electron chi connectivity index (χ0n) is 5.73. The molecule has 0 fully saturated rings. The lowest BCUT2D eigenvalue weighted by Gasteiger charge is -2.05. The van der Waals surface area contributed by atoms with Crippen LogP contribution in [0.2, 0.25) is 0 Å². The Hall–Kier alpha value is -1.78. The standard InChI is InChI=1S/C6H7N5/c7-9-11(10-8)6-4-2-1-3-5-6/h1-5,7-8H. The van der Waals surface area contributed by atoms with Crippen LogP contribution in [0.15, 0.2) is 40.8 Å². The fraction of sp³-hybridized carbons (Fsp3) is 0. The van der Waals surface area contributed by atoms with Crippen molar-refractivity contribution in [3.05, 3.63) is 30.3 Å². The number of hydrogen-bond acceptors (Lipinski definition) is 4. The predicted octanol–water partition coefficient (Wildman–Crippen LogP) is 2.38. The normalized spacial score (nSPS) is 8.73. The number of nitrogens with zero attached hydrogens (tertiary/aromatic N) is 3. The maximum Gasteiger partial charge on any atom is 0.0891 e. The minimum atomic E-state index is 0.609. The van der Waals surface area contributed by atoms with Crippen molar-refractivity contribution in [3.63, 3.8) is 0 Å². The largest absolute Gasteiger partial charge is 0.184 e. The van der Waals surface area contributed by atoms with E-state index in [1.165, 1.54) is 0 Å². The van der Waals surface area contributed by atoms with E-state index < -0.39 is 0 Å². The topological polar surface area (TPSA) is 75.7 Å². The molecule has 0 spiro atoms. The first-order chi connectivity index (χ1) is 5.38. The molecular weight excluding hydrogens is 142 g/mol. The van der Waals surface area contributed by atoms with Gasteiger partial charge < -0.3 is 0 Å². The minimum Gasteiger partial charge on any atom is -0.184 e. The highest BCUT2D eigenvalue weighted by molar-refractivity contribution is 5.43. The molecule has 0 bridgehead atoms. The summed E-state index contributed by atoms with van der Waals surface area (Å²) >= 11 is 0. The van der Waals surface area contributed by atoms with Crippen molar-refractivity contribution >= 4 is 5.69 Å². The molecule has 0 amide bonds. The third kappa shape index (κ3) is 1.57. The van der Waals surface area contributed by atoms with Gasteiger partial charge in [-0.2, -0.15) is 11.1 Å². The number of rotatable bonds is 3. The summed E-state index contributed by atoms with van der Waals surface area (Å²) in [6, 6.07) is 8.86. The zero-order valence-corrected chi connectivity index (χ0v) is 5.73. The monoisotopic (exact) mass is 149 g/mol. The molecule has 5 nitrogen and oxygen atoms in total. The number of para-hydroxylation sites is 1. The van der Waals surface area contributed by atoms with Gasteiger partial charge in [0, 0.05) is 0 Å². The van der Waals surface area contributed by atoms with Crippen molar-refractivity contribution in [2.24, 2.45) is 10.4 Å². The van der Waals surface area contributed by atoms with E-state index in [1.807, 2.05) is 6.07 Å². The number of benzene rings is 1. The smallest absolute Gasteiger partial charge is 0.0891 e. The van der Waals surface area contributed by atoms with Crippen molar-refractivity contribution in [3.8, 4) is 0 Å². The first-order valence-corrected chi connectivity index (χ1v) is 2.98. The molecule has 1 aromatic carbocycles. The average molecular weight is 149 g/mol. The molecule has 0 aliphatic heterocycles. The Morgan fingerprint density at radius 2 is 1.55 bits per heavy atom. The zero-order chi connectivity index (χ0) is 8.10. The van der Waals surface area contributed by atoms with Gasteiger partial charge in [0.15, 0.2) is 0 Å². The van der Waals surface area contributed by atoms with Gasteiger partial charge in [0.1, 0.15) is 0 Å². The molecule has 1 rings (SSSR count). The van der Waals surface area contributed by atoms with Gasteiger partial charge in [0.25, 0.3) is 0 Å². The molecule has 0 unspecified atom stereocenters. The second-order valence-electron chi connectivity index (χ2n) is 1.82. The van der Waals surface area contributed by atoms with E-state index >= 15 is 0 Å². The molecule has 2 N–H and O–H groups in total. The van der Waals surface area contributed by atoms with Crippen molar-refractivity contribution in [2.75, 3.05) is 5.12 Å². The summed E-state index contributed by atoms with van der Waals surface area (Å²) in [6.45, 7) is 0. The molecule has 0 heterocycles. The molecule has 0 atom stereocenters. The van der Waals surface area contributed by atoms with E-state index in [0.29, 0.717) is 5.69 Å². The van der Waals surface area contributed by atoms with Gasteiger partial charge in [-0.25, -0.2) is 0 Å². The lowest BCUT2D eigenvalue weighted by atomic mass is 10.3. The highest BCUT2D eigenvalue weighted by atomic mass is 15.7. The molecule has 0 aliphatic carbocycles. The van der Waals surface area contributed by atoms with Crippen LogP contribution in [0, 0.1) is 11.1 Å².